The number of nitrogens with one attached hydrogen (secondary N) is 1. The molecule has 0 atom stereocenters. The highest BCUT2D eigenvalue weighted by molar-refractivity contribution is 7.09. The van der Waals surface area contributed by atoms with Crippen LogP contribution in [0.15, 0.2) is 58.5 Å². The molecule has 0 bridgehead atoms. The lowest BCUT2D eigenvalue weighted by Gasteiger charge is -2.04. The number of ether oxygens (including phenoxy) is 1. The number of aryl methyl sites for hydroxylation is 2. The summed E-state index contributed by atoms with van der Waals surface area (Å²) < 4.78 is 10.9. The summed E-state index contributed by atoms with van der Waals surface area (Å²) in [6.45, 7) is 4.06. The number of fused-ring (bicyclic) bond motifs is 1. The molecule has 2 aromatic heterocycles. The highest BCUT2D eigenvalue weighted by Gasteiger charge is 2.13. The maximum absolute atomic E-state index is 12.3. The molecule has 0 aliphatic heterocycles. The van der Waals surface area contributed by atoms with Gasteiger partial charge in [0.15, 0.2) is 0 Å². The van der Waals surface area contributed by atoms with Crippen LogP contribution in [0, 0.1) is 13.8 Å². The van der Waals surface area contributed by atoms with Crippen molar-refractivity contribution in [1.29, 1.82) is 0 Å². The number of anilines is 1. The van der Waals surface area contributed by atoms with Crippen LogP contribution in [-0.2, 0) is 33.8 Å². The first kappa shape index (κ1) is 20.8. The molecule has 6 nitrogen and oxygen atoms in total. The Morgan fingerprint density at radius 1 is 1.06 bits per heavy atom. The van der Waals surface area contributed by atoms with Gasteiger partial charge in [0.25, 0.3) is 0 Å². The highest BCUT2D eigenvalue weighted by Crippen LogP contribution is 2.23. The predicted molar refractivity (Wildman–Crippen MR) is 120 cm³/mol. The summed E-state index contributed by atoms with van der Waals surface area (Å²) in [5, 5.41) is 6.24. The monoisotopic (exact) mass is 434 g/mol. The van der Waals surface area contributed by atoms with Crippen molar-refractivity contribution in [2.75, 3.05) is 5.32 Å². The number of esters is 1. The van der Waals surface area contributed by atoms with E-state index in [4.69, 9.17) is 9.15 Å². The van der Waals surface area contributed by atoms with E-state index < -0.39 is 0 Å². The Kier molecular flexibility index (Phi) is 6.13. The fourth-order valence-electron chi connectivity index (χ4n) is 3.16. The molecule has 31 heavy (non-hydrogen) atoms. The molecule has 0 fully saturated rings. The number of furan rings is 1. The van der Waals surface area contributed by atoms with Crippen LogP contribution in [0.3, 0.4) is 0 Å². The molecule has 0 aliphatic carbocycles. The average molecular weight is 435 g/mol. The number of nitrogens with zero attached hydrogens (tertiary/aromatic N) is 1. The third-order valence-corrected chi connectivity index (χ3v) is 5.67. The van der Waals surface area contributed by atoms with Crippen molar-refractivity contribution >= 4 is 39.9 Å². The molecule has 0 saturated heterocycles. The summed E-state index contributed by atoms with van der Waals surface area (Å²) in [6.07, 6.45) is 1.90. The molecule has 0 spiro atoms. The van der Waals surface area contributed by atoms with Crippen LogP contribution in [0.2, 0.25) is 0 Å². The van der Waals surface area contributed by atoms with Gasteiger partial charge in [-0.3, -0.25) is 9.59 Å². The van der Waals surface area contributed by atoms with Crippen molar-refractivity contribution < 1.29 is 18.7 Å². The fourth-order valence-corrected chi connectivity index (χ4v) is 3.94. The number of hydrogen-bond donors (Lipinski definition) is 1. The van der Waals surface area contributed by atoms with E-state index in [-0.39, 0.29) is 31.3 Å². The van der Waals surface area contributed by atoms with E-state index in [1.54, 1.807) is 11.6 Å². The normalized spacial score (nSPS) is 10.9. The van der Waals surface area contributed by atoms with Crippen LogP contribution in [0.25, 0.3) is 11.0 Å². The number of amides is 1. The van der Waals surface area contributed by atoms with E-state index in [9.17, 15) is 9.59 Å². The van der Waals surface area contributed by atoms with Crippen LogP contribution in [0.4, 0.5) is 5.69 Å². The molecule has 7 heteroatoms. The number of benzene rings is 2. The molecule has 2 heterocycles. The summed E-state index contributed by atoms with van der Waals surface area (Å²) in [7, 11) is 0. The number of thiazole rings is 1. The van der Waals surface area contributed by atoms with Gasteiger partial charge in [0.1, 0.15) is 17.2 Å². The van der Waals surface area contributed by atoms with Gasteiger partial charge in [0.2, 0.25) is 5.91 Å². The van der Waals surface area contributed by atoms with Gasteiger partial charge in [-0.2, -0.15) is 0 Å². The van der Waals surface area contributed by atoms with E-state index in [0.29, 0.717) is 10.7 Å². The van der Waals surface area contributed by atoms with Crippen LogP contribution in [-0.4, -0.2) is 16.9 Å². The number of rotatable bonds is 7. The van der Waals surface area contributed by atoms with Gasteiger partial charge in [-0.05, 0) is 37.6 Å². The van der Waals surface area contributed by atoms with E-state index in [1.165, 1.54) is 11.3 Å². The third kappa shape index (κ3) is 5.38. The van der Waals surface area contributed by atoms with Crippen LogP contribution in [0.1, 0.15) is 27.4 Å². The van der Waals surface area contributed by atoms with E-state index in [1.807, 2.05) is 56.3 Å². The minimum Gasteiger partial charge on any atom is -0.464 e. The second-order valence-corrected chi connectivity index (χ2v) is 8.36. The zero-order chi connectivity index (χ0) is 21.8. The first-order chi connectivity index (χ1) is 15.0. The molecule has 0 aliphatic rings. The summed E-state index contributed by atoms with van der Waals surface area (Å²) in [5.74, 6) is -0.487. The Hall–Kier alpha value is -3.45. The van der Waals surface area contributed by atoms with Gasteiger partial charge >= 0.3 is 5.97 Å². The Morgan fingerprint density at radius 3 is 2.65 bits per heavy atom. The first-order valence-electron chi connectivity index (χ1n) is 9.88. The smallest absolute Gasteiger partial charge is 0.310 e. The SMILES string of the molecule is Cc1ccc(NC(=O)Cc2nc(COC(=O)Cc3coc4cc(C)ccc34)cs2)cc1. The minimum atomic E-state index is -0.352. The summed E-state index contributed by atoms with van der Waals surface area (Å²) in [4.78, 5) is 28.9. The molecule has 0 radical (unpaired) electrons. The van der Waals surface area contributed by atoms with Crippen molar-refractivity contribution in [2.24, 2.45) is 0 Å². The summed E-state index contributed by atoms with van der Waals surface area (Å²) >= 11 is 1.37. The number of carbonyl (C=O) groups excluding carboxylic acids is 2. The molecule has 4 aromatic rings. The van der Waals surface area contributed by atoms with Crippen LogP contribution in [0.5, 0.6) is 0 Å². The van der Waals surface area contributed by atoms with Crippen LogP contribution < -0.4 is 5.32 Å². The second-order valence-electron chi connectivity index (χ2n) is 7.42. The van der Waals surface area contributed by atoms with Gasteiger partial charge in [-0.25, -0.2) is 4.98 Å². The van der Waals surface area contributed by atoms with Gasteiger partial charge in [-0.1, -0.05) is 29.8 Å². The fraction of sp³-hybridized carbons (Fsp3) is 0.208. The number of aromatic nitrogens is 1. The summed E-state index contributed by atoms with van der Waals surface area (Å²) in [5.41, 5.74) is 5.17. The van der Waals surface area contributed by atoms with Gasteiger partial charge in [0.05, 0.1) is 24.8 Å². The molecule has 158 valence electrons. The van der Waals surface area contributed by atoms with E-state index in [0.717, 1.165) is 33.3 Å². The standard InChI is InChI=1S/C24H22N2O4S/c1-15-3-6-18(7-4-15)25-22(27)11-23-26-19(14-31-23)13-30-24(28)10-17-12-29-21-9-16(2)5-8-20(17)21/h3-9,12,14H,10-11,13H2,1-2H3,(H,25,27). The van der Waals surface area contributed by atoms with Crippen molar-refractivity contribution in [2.45, 2.75) is 33.3 Å². The molecule has 2 aromatic carbocycles. The maximum Gasteiger partial charge on any atom is 0.310 e. The van der Waals surface area contributed by atoms with Gasteiger partial charge < -0.3 is 14.5 Å². The van der Waals surface area contributed by atoms with E-state index in [2.05, 4.69) is 10.3 Å². The van der Waals surface area contributed by atoms with Crippen LogP contribution >= 0.6 is 11.3 Å². The topological polar surface area (TPSA) is 81.4 Å². The summed E-state index contributed by atoms with van der Waals surface area (Å²) in [6, 6.07) is 13.5. The lowest BCUT2D eigenvalue weighted by molar-refractivity contribution is -0.144. The molecule has 1 N–H and O–H groups in total. The zero-order valence-electron chi connectivity index (χ0n) is 17.3. The second kappa shape index (κ2) is 9.14. The first-order valence-corrected chi connectivity index (χ1v) is 10.8. The molecule has 1 amide bonds. The Balaban J connectivity index is 1.28. The maximum atomic E-state index is 12.3. The molecule has 4 rings (SSSR count). The Morgan fingerprint density at radius 2 is 1.84 bits per heavy atom. The van der Waals surface area contributed by atoms with Gasteiger partial charge in [-0.15, -0.1) is 11.3 Å². The molecular formula is C24H22N2O4S. The lowest BCUT2D eigenvalue weighted by Crippen LogP contribution is -2.14. The van der Waals surface area contributed by atoms with Crippen molar-refractivity contribution in [3.63, 3.8) is 0 Å². The largest absolute Gasteiger partial charge is 0.464 e. The Bertz CT molecular complexity index is 1220. The average Bonchev–Trinajstić information content (AvgIpc) is 3.34. The highest BCUT2D eigenvalue weighted by atomic mass is 32.1. The van der Waals surface area contributed by atoms with Gasteiger partial charge in [0, 0.05) is 22.0 Å². The van der Waals surface area contributed by atoms with Crippen molar-refractivity contribution in [3.8, 4) is 0 Å². The lowest BCUT2D eigenvalue weighted by atomic mass is 10.1. The number of hydrogen-bond acceptors (Lipinski definition) is 6. The predicted octanol–water partition coefficient (Wildman–Crippen LogP) is 4.97. The van der Waals surface area contributed by atoms with E-state index >= 15 is 0 Å². The van der Waals surface area contributed by atoms with Crippen molar-refractivity contribution in [3.05, 3.63) is 81.5 Å². The molecular weight excluding hydrogens is 412 g/mol. The van der Waals surface area contributed by atoms with Crippen molar-refractivity contribution in [1.82, 2.24) is 4.98 Å². The minimum absolute atomic E-state index is 0.0732. The third-order valence-electron chi connectivity index (χ3n) is 4.77. The zero-order valence-corrected chi connectivity index (χ0v) is 18.1. The molecule has 0 unspecified atom stereocenters. The Labute approximate surface area is 183 Å². The molecule has 0 saturated carbocycles. The number of carbonyl (C=O) groups is 2. The quantitative estimate of drug-likeness (QED) is 0.415.